The Hall–Kier alpha value is -3.04. The van der Waals surface area contributed by atoms with Gasteiger partial charge in [-0.25, -0.2) is 8.42 Å². The first-order valence-electron chi connectivity index (χ1n) is 10.8. The van der Waals surface area contributed by atoms with E-state index in [0.717, 1.165) is 36.1 Å². The Bertz CT molecular complexity index is 1260. The molecule has 0 unspecified atom stereocenters. The third-order valence-electron chi connectivity index (χ3n) is 6.05. The lowest BCUT2D eigenvalue weighted by Crippen LogP contribution is -2.35. The van der Waals surface area contributed by atoms with Crippen LogP contribution in [0.4, 0.5) is 5.69 Å². The molecule has 1 saturated heterocycles. The van der Waals surface area contributed by atoms with Crippen LogP contribution in [-0.4, -0.2) is 48.4 Å². The van der Waals surface area contributed by atoms with E-state index >= 15 is 0 Å². The summed E-state index contributed by atoms with van der Waals surface area (Å²) in [4.78, 5) is 19.4. The van der Waals surface area contributed by atoms with Gasteiger partial charge in [0, 0.05) is 36.4 Å². The van der Waals surface area contributed by atoms with Crippen molar-refractivity contribution >= 4 is 21.6 Å². The van der Waals surface area contributed by atoms with Crippen LogP contribution in [0.15, 0.2) is 51.9 Å². The molecule has 9 heteroatoms. The van der Waals surface area contributed by atoms with Crippen LogP contribution in [0.5, 0.6) is 0 Å². The highest BCUT2D eigenvalue weighted by Gasteiger charge is 2.30. The van der Waals surface area contributed by atoms with Gasteiger partial charge in [0.2, 0.25) is 10.0 Å². The third-order valence-corrected chi connectivity index (χ3v) is 7.95. The van der Waals surface area contributed by atoms with Crippen molar-refractivity contribution in [2.24, 2.45) is 0 Å². The van der Waals surface area contributed by atoms with E-state index in [2.05, 4.69) is 10.1 Å². The number of aromatic nitrogens is 2. The maximum atomic E-state index is 13.1. The van der Waals surface area contributed by atoms with E-state index in [1.165, 1.54) is 0 Å². The van der Waals surface area contributed by atoms with Gasteiger partial charge in [-0.2, -0.15) is 9.29 Å². The van der Waals surface area contributed by atoms with E-state index in [-0.39, 0.29) is 5.91 Å². The summed E-state index contributed by atoms with van der Waals surface area (Å²) in [6, 6.07) is 12.2. The minimum Gasteiger partial charge on any atom is -0.334 e. The first-order chi connectivity index (χ1) is 15.4. The van der Waals surface area contributed by atoms with Crippen molar-refractivity contribution in [1.82, 2.24) is 14.4 Å². The summed E-state index contributed by atoms with van der Waals surface area (Å²) in [6.45, 7) is 3.41. The second kappa shape index (κ2) is 8.14. The van der Waals surface area contributed by atoms with Crippen molar-refractivity contribution in [2.45, 2.75) is 37.5 Å². The standard InChI is InChI=1S/C23H24N4O4S/c1-16-24-22(31-25-16)17-5-7-18(8-6-17)23(28)27-14-11-19-15-20(9-10-21(19)27)32(29,30)26-12-3-2-4-13-26/h5-10,15H,2-4,11-14H2,1H3. The number of anilines is 1. The fourth-order valence-corrected chi connectivity index (χ4v) is 5.90. The number of carbonyl (C=O) groups is 1. The molecule has 1 amide bonds. The van der Waals surface area contributed by atoms with Gasteiger partial charge in [0.1, 0.15) is 0 Å². The van der Waals surface area contributed by atoms with Gasteiger partial charge in [-0.3, -0.25) is 4.79 Å². The van der Waals surface area contributed by atoms with Crippen LogP contribution in [0.2, 0.25) is 0 Å². The number of carbonyl (C=O) groups excluding carboxylic acids is 1. The van der Waals surface area contributed by atoms with Crippen LogP contribution in [0.3, 0.4) is 0 Å². The van der Waals surface area contributed by atoms with Crippen LogP contribution < -0.4 is 4.90 Å². The summed E-state index contributed by atoms with van der Waals surface area (Å²) < 4.78 is 32.7. The summed E-state index contributed by atoms with van der Waals surface area (Å²) in [5, 5.41) is 3.79. The Morgan fingerprint density at radius 3 is 2.44 bits per heavy atom. The van der Waals surface area contributed by atoms with Crippen LogP contribution in [0.1, 0.15) is 41.0 Å². The van der Waals surface area contributed by atoms with Gasteiger partial charge in [0.25, 0.3) is 11.8 Å². The summed E-state index contributed by atoms with van der Waals surface area (Å²) in [6.07, 6.45) is 3.50. The van der Waals surface area contributed by atoms with E-state index in [0.29, 0.717) is 48.2 Å². The van der Waals surface area contributed by atoms with Crippen LogP contribution in [0.25, 0.3) is 11.5 Å². The van der Waals surface area contributed by atoms with Crippen LogP contribution >= 0.6 is 0 Å². The number of rotatable bonds is 4. The largest absolute Gasteiger partial charge is 0.334 e. The fraction of sp³-hybridized carbons (Fsp3) is 0.348. The number of piperidine rings is 1. The van der Waals surface area contributed by atoms with Crippen LogP contribution in [-0.2, 0) is 16.4 Å². The first-order valence-corrected chi connectivity index (χ1v) is 12.2. The Balaban J connectivity index is 1.36. The van der Waals surface area contributed by atoms with Crippen molar-refractivity contribution < 1.29 is 17.7 Å². The molecule has 3 heterocycles. The molecule has 0 bridgehead atoms. The normalized spacial score (nSPS) is 16.8. The number of nitrogens with zero attached hydrogens (tertiary/aromatic N) is 4. The van der Waals surface area contributed by atoms with Crippen LogP contribution in [0, 0.1) is 6.92 Å². The van der Waals surface area contributed by atoms with Gasteiger partial charge in [-0.15, -0.1) is 0 Å². The Labute approximate surface area is 186 Å². The first kappa shape index (κ1) is 20.8. The van der Waals surface area contributed by atoms with Gasteiger partial charge in [-0.05, 0) is 74.2 Å². The lowest BCUT2D eigenvalue weighted by atomic mass is 10.1. The molecule has 166 valence electrons. The SMILES string of the molecule is Cc1noc(-c2ccc(C(=O)N3CCc4cc(S(=O)(=O)N5CCCCC5)ccc43)cc2)n1. The molecule has 2 aromatic carbocycles. The second-order valence-corrected chi connectivity index (χ2v) is 10.1. The van der Waals surface area contributed by atoms with Crippen molar-refractivity contribution in [3.05, 3.63) is 59.4 Å². The highest BCUT2D eigenvalue weighted by atomic mass is 32.2. The molecule has 1 aromatic heterocycles. The number of amides is 1. The van der Waals surface area contributed by atoms with E-state index < -0.39 is 10.0 Å². The molecule has 0 spiro atoms. The molecule has 0 saturated carbocycles. The van der Waals surface area contributed by atoms with Crippen molar-refractivity contribution in [2.75, 3.05) is 24.5 Å². The number of benzene rings is 2. The Morgan fingerprint density at radius 1 is 1.00 bits per heavy atom. The van der Waals surface area contributed by atoms with E-state index in [1.807, 2.05) is 0 Å². The zero-order valence-electron chi connectivity index (χ0n) is 17.8. The highest BCUT2D eigenvalue weighted by molar-refractivity contribution is 7.89. The maximum Gasteiger partial charge on any atom is 0.258 e. The summed E-state index contributed by atoms with van der Waals surface area (Å²) in [7, 11) is -3.49. The molecular weight excluding hydrogens is 428 g/mol. The third kappa shape index (κ3) is 3.71. The maximum absolute atomic E-state index is 13.1. The lowest BCUT2D eigenvalue weighted by molar-refractivity contribution is 0.0989. The predicted octanol–water partition coefficient (Wildman–Crippen LogP) is 3.42. The Kier molecular flexibility index (Phi) is 5.30. The molecule has 0 radical (unpaired) electrons. The topological polar surface area (TPSA) is 96.6 Å². The number of hydrogen-bond donors (Lipinski definition) is 0. The summed E-state index contributed by atoms with van der Waals surface area (Å²) in [5.74, 6) is 0.842. The van der Waals surface area contributed by atoms with Crippen molar-refractivity contribution in [1.29, 1.82) is 0 Å². The van der Waals surface area contributed by atoms with E-state index in [9.17, 15) is 13.2 Å². The number of sulfonamides is 1. The molecule has 0 aliphatic carbocycles. The molecule has 32 heavy (non-hydrogen) atoms. The minimum absolute atomic E-state index is 0.122. The quantitative estimate of drug-likeness (QED) is 0.602. The molecule has 2 aliphatic rings. The lowest BCUT2D eigenvalue weighted by Gasteiger charge is -2.26. The minimum atomic E-state index is -3.49. The molecule has 0 atom stereocenters. The van der Waals surface area contributed by atoms with Gasteiger partial charge < -0.3 is 9.42 Å². The van der Waals surface area contributed by atoms with Gasteiger partial charge >= 0.3 is 0 Å². The smallest absolute Gasteiger partial charge is 0.258 e. The van der Waals surface area contributed by atoms with Gasteiger partial charge in [0.05, 0.1) is 4.90 Å². The molecule has 0 N–H and O–H groups in total. The zero-order chi connectivity index (χ0) is 22.3. The Morgan fingerprint density at radius 2 is 1.75 bits per heavy atom. The molecule has 1 fully saturated rings. The predicted molar refractivity (Wildman–Crippen MR) is 119 cm³/mol. The van der Waals surface area contributed by atoms with Crippen molar-refractivity contribution in [3.63, 3.8) is 0 Å². The van der Waals surface area contributed by atoms with Gasteiger partial charge in [0.15, 0.2) is 5.82 Å². The molecular formula is C23H24N4O4S. The van der Waals surface area contributed by atoms with E-state index in [4.69, 9.17) is 4.52 Å². The number of fused-ring (bicyclic) bond motifs is 1. The summed E-state index contributed by atoms with van der Waals surface area (Å²) >= 11 is 0. The molecule has 2 aliphatic heterocycles. The zero-order valence-corrected chi connectivity index (χ0v) is 18.6. The fourth-order valence-electron chi connectivity index (χ4n) is 4.33. The molecule has 5 rings (SSSR count). The second-order valence-electron chi connectivity index (χ2n) is 8.19. The average molecular weight is 453 g/mol. The molecule has 8 nitrogen and oxygen atoms in total. The van der Waals surface area contributed by atoms with Gasteiger partial charge in [-0.1, -0.05) is 11.6 Å². The number of aryl methyl sites for hydroxylation is 1. The van der Waals surface area contributed by atoms with Crippen molar-refractivity contribution in [3.8, 4) is 11.5 Å². The highest BCUT2D eigenvalue weighted by Crippen LogP contribution is 2.33. The summed E-state index contributed by atoms with van der Waals surface area (Å²) in [5.41, 5.74) is 2.94. The van der Waals surface area contributed by atoms with E-state index in [1.54, 1.807) is 58.6 Å². The molecule has 3 aromatic rings. The average Bonchev–Trinajstić information content (AvgIpc) is 3.45. The number of hydrogen-bond acceptors (Lipinski definition) is 6. The monoisotopic (exact) mass is 452 g/mol.